The van der Waals surface area contributed by atoms with Gasteiger partial charge in [0.1, 0.15) is 0 Å². The second-order valence-corrected chi connectivity index (χ2v) is 4.79. The molecule has 1 aliphatic rings. The van der Waals surface area contributed by atoms with Gasteiger partial charge in [-0.1, -0.05) is 19.8 Å². The second-order valence-electron chi connectivity index (χ2n) is 4.79. The van der Waals surface area contributed by atoms with E-state index in [1.165, 1.54) is 19.3 Å². The highest BCUT2D eigenvalue weighted by atomic mass is 16.3. The van der Waals surface area contributed by atoms with E-state index in [9.17, 15) is 4.79 Å². The van der Waals surface area contributed by atoms with E-state index in [1.54, 1.807) is 0 Å². The summed E-state index contributed by atoms with van der Waals surface area (Å²) in [7, 11) is 0. The molecular formula is C13H26N2O2. The molecule has 2 amide bonds. The molecule has 0 aromatic heterocycles. The van der Waals surface area contributed by atoms with Crippen LogP contribution in [-0.2, 0) is 0 Å². The standard InChI is InChI=1S/C13H26N2O2/c1-2-3-5-9-14-13(17)15-10-6-4-7-12(15)8-11-16/h12,16H,2-11H2,1H3,(H,14,17)/t12-/m0/s1. The fourth-order valence-electron chi connectivity index (χ4n) is 2.39. The summed E-state index contributed by atoms with van der Waals surface area (Å²) < 4.78 is 0. The number of aliphatic hydroxyl groups excluding tert-OH is 1. The second kappa shape index (κ2) is 8.34. The van der Waals surface area contributed by atoms with E-state index in [2.05, 4.69) is 12.2 Å². The first-order chi connectivity index (χ1) is 8.29. The third-order valence-electron chi connectivity index (χ3n) is 3.41. The van der Waals surface area contributed by atoms with Crippen LogP contribution in [0.15, 0.2) is 0 Å². The lowest BCUT2D eigenvalue weighted by molar-refractivity contribution is 0.132. The third kappa shape index (κ3) is 4.94. The Morgan fingerprint density at radius 3 is 2.94 bits per heavy atom. The van der Waals surface area contributed by atoms with Gasteiger partial charge in [-0.25, -0.2) is 4.79 Å². The van der Waals surface area contributed by atoms with Gasteiger partial charge in [0.25, 0.3) is 0 Å². The first-order valence-electron chi connectivity index (χ1n) is 6.95. The molecule has 1 atom stereocenters. The van der Waals surface area contributed by atoms with Crippen molar-refractivity contribution in [1.82, 2.24) is 10.2 Å². The maximum atomic E-state index is 12.0. The Hall–Kier alpha value is -0.770. The molecule has 0 spiro atoms. The van der Waals surface area contributed by atoms with Crippen molar-refractivity contribution in [3.63, 3.8) is 0 Å². The molecule has 17 heavy (non-hydrogen) atoms. The fraction of sp³-hybridized carbons (Fsp3) is 0.923. The van der Waals surface area contributed by atoms with Gasteiger partial charge in [-0.05, 0) is 32.1 Å². The van der Waals surface area contributed by atoms with Gasteiger partial charge in [-0.15, -0.1) is 0 Å². The number of amides is 2. The molecule has 4 nitrogen and oxygen atoms in total. The quantitative estimate of drug-likeness (QED) is 0.701. The lowest BCUT2D eigenvalue weighted by Gasteiger charge is -2.35. The summed E-state index contributed by atoms with van der Waals surface area (Å²) in [6.45, 7) is 3.94. The minimum atomic E-state index is 0.0549. The van der Waals surface area contributed by atoms with E-state index < -0.39 is 0 Å². The molecule has 0 saturated carbocycles. The summed E-state index contributed by atoms with van der Waals surface area (Å²) in [5.74, 6) is 0. The van der Waals surface area contributed by atoms with Crippen molar-refractivity contribution >= 4 is 6.03 Å². The number of hydrogen-bond acceptors (Lipinski definition) is 2. The summed E-state index contributed by atoms with van der Waals surface area (Å²) in [6, 6.07) is 0.291. The van der Waals surface area contributed by atoms with Crippen LogP contribution < -0.4 is 5.32 Å². The zero-order valence-electron chi connectivity index (χ0n) is 11.0. The SMILES string of the molecule is CCCCCNC(=O)N1CCCC[C@H]1CCO. The molecule has 1 saturated heterocycles. The number of carbonyl (C=O) groups excluding carboxylic acids is 1. The Kier molecular flexibility index (Phi) is 7.01. The Bertz CT molecular complexity index is 219. The summed E-state index contributed by atoms with van der Waals surface area (Å²) in [5.41, 5.74) is 0. The predicted octanol–water partition coefficient (Wildman–Crippen LogP) is 2.12. The van der Waals surface area contributed by atoms with Gasteiger partial charge in [0.05, 0.1) is 0 Å². The maximum Gasteiger partial charge on any atom is 0.317 e. The molecule has 1 rings (SSSR count). The highest BCUT2D eigenvalue weighted by molar-refractivity contribution is 5.74. The molecule has 0 unspecified atom stereocenters. The van der Waals surface area contributed by atoms with Crippen molar-refractivity contribution in [3.05, 3.63) is 0 Å². The van der Waals surface area contributed by atoms with E-state index in [0.29, 0.717) is 6.42 Å². The minimum absolute atomic E-state index is 0.0549. The average molecular weight is 242 g/mol. The van der Waals surface area contributed by atoms with Gasteiger partial charge in [0, 0.05) is 25.7 Å². The van der Waals surface area contributed by atoms with E-state index in [1.807, 2.05) is 4.90 Å². The van der Waals surface area contributed by atoms with Crippen LogP contribution >= 0.6 is 0 Å². The molecule has 2 N–H and O–H groups in total. The summed E-state index contributed by atoms with van der Waals surface area (Å²) >= 11 is 0. The van der Waals surface area contributed by atoms with Crippen LogP contribution in [0.1, 0.15) is 51.9 Å². The Balaban J connectivity index is 2.31. The van der Waals surface area contributed by atoms with Gasteiger partial charge < -0.3 is 15.3 Å². The molecule has 100 valence electrons. The molecule has 1 fully saturated rings. The Morgan fingerprint density at radius 2 is 2.24 bits per heavy atom. The molecule has 0 bridgehead atoms. The van der Waals surface area contributed by atoms with Gasteiger partial charge in [-0.3, -0.25) is 0 Å². The minimum Gasteiger partial charge on any atom is -0.396 e. The number of nitrogens with zero attached hydrogens (tertiary/aromatic N) is 1. The van der Waals surface area contributed by atoms with Crippen molar-refractivity contribution in [3.8, 4) is 0 Å². The number of carbonyl (C=O) groups is 1. The van der Waals surface area contributed by atoms with Crippen LogP contribution in [0.25, 0.3) is 0 Å². The lowest BCUT2D eigenvalue weighted by atomic mass is 10.0. The number of urea groups is 1. The third-order valence-corrected chi connectivity index (χ3v) is 3.41. The van der Waals surface area contributed by atoms with Crippen LogP contribution in [0.5, 0.6) is 0 Å². The maximum absolute atomic E-state index is 12.0. The van der Waals surface area contributed by atoms with Gasteiger partial charge in [0.15, 0.2) is 0 Å². The zero-order chi connectivity index (χ0) is 12.5. The number of unbranched alkanes of at least 4 members (excludes halogenated alkanes) is 2. The molecule has 4 heteroatoms. The topological polar surface area (TPSA) is 52.6 Å². The number of hydrogen-bond donors (Lipinski definition) is 2. The lowest BCUT2D eigenvalue weighted by Crippen LogP contribution is -2.49. The summed E-state index contributed by atoms with van der Waals surface area (Å²) in [4.78, 5) is 13.9. The number of aliphatic hydroxyl groups is 1. The average Bonchev–Trinajstić information content (AvgIpc) is 2.35. The smallest absolute Gasteiger partial charge is 0.317 e. The zero-order valence-corrected chi connectivity index (χ0v) is 11.0. The fourth-order valence-corrected chi connectivity index (χ4v) is 2.39. The monoisotopic (exact) mass is 242 g/mol. The van der Waals surface area contributed by atoms with Gasteiger partial charge >= 0.3 is 6.03 Å². The van der Waals surface area contributed by atoms with E-state index in [0.717, 1.165) is 32.4 Å². The first kappa shape index (κ1) is 14.3. The largest absolute Gasteiger partial charge is 0.396 e. The van der Waals surface area contributed by atoms with E-state index in [4.69, 9.17) is 5.11 Å². The molecule has 0 aromatic rings. The van der Waals surface area contributed by atoms with Crippen molar-refractivity contribution in [2.24, 2.45) is 0 Å². The number of nitrogens with one attached hydrogen (secondary N) is 1. The highest BCUT2D eigenvalue weighted by Gasteiger charge is 2.25. The van der Waals surface area contributed by atoms with Crippen LogP contribution in [0.3, 0.4) is 0 Å². The van der Waals surface area contributed by atoms with E-state index >= 15 is 0 Å². The normalized spacial score (nSPS) is 20.4. The molecule has 0 aromatic carbocycles. The highest BCUT2D eigenvalue weighted by Crippen LogP contribution is 2.19. The molecule has 1 heterocycles. The van der Waals surface area contributed by atoms with Crippen LogP contribution in [0.4, 0.5) is 4.79 Å². The van der Waals surface area contributed by atoms with Gasteiger partial charge in [-0.2, -0.15) is 0 Å². The summed E-state index contributed by atoms with van der Waals surface area (Å²) in [5, 5.41) is 12.0. The summed E-state index contributed by atoms with van der Waals surface area (Å²) in [6.07, 6.45) is 7.40. The number of piperidine rings is 1. The van der Waals surface area contributed by atoms with Gasteiger partial charge in [0.2, 0.25) is 0 Å². The van der Waals surface area contributed by atoms with Crippen molar-refractivity contribution < 1.29 is 9.90 Å². The van der Waals surface area contributed by atoms with E-state index in [-0.39, 0.29) is 18.7 Å². The Morgan fingerprint density at radius 1 is 1.41 bits per heavy atom. The number of likely N-dealkylation sites (tertiary alicyclic amines) is 1. The first-order valence-corrected chi connectivity index (χ1v) is 6.95. The predicted molar refractivity (Wildman–Crippen MR) is 69.0 cm³/mol. The Labute approximate surface area is 104 Å². The van der Waals surface area contributed by atoms with Crippen molar-refractivity contribution in [2.75, 3.05) is 19.7 Å². The molecular weight excluding hydrogens is 216 g/mol. The number of rotatable bonds is 6. The van der Waals surface area contributed by atoms with Crippen LogP contribution in [0, 0.1) is 0 Å². The molecule has 1 aliphatic heterocycles. The van der Waals surface area contributed by atoms with Crippen molar-refractivity contribution in [1.29, 1.82) is 0 Å². The van der Waals surface area contributed by atoms with Crippen LogP contribution in [-0.4, -0.2) is 41.8 Å². The van der Waals surface area contributed by atoms with Crippen molar-refractivity contribution in [2.45, 2.75) is 57.9 Å². The molecule has 0 aliphatic carbocycles. The molecule has 0 radical (unpaired) electrons. The van der Waals surface area contributed by atoms with Crippen LogP contribution in [0.2, 0.25) is 0 Å².